The molecule has 0 saturated carbocycles. The molecule has 0 saturated heterocycles. The Morgan fingerprint density at radius 1 is 0.625 bits per heavy atom. The van der Waals surface area contributed by atoms with Crippen molar-refractivity contribution < 1.29 is 5.11 Å². The predicted octanol–water partition coefficient (Wildman–Crippen LogP) is 7.28. The van der Waals surface area contributed by atoms with Gasteiger partial charge in [-0.2, -0.15) is 0 Å². The van der Waals surface area contributed by atoms with Crippen LogP contribution in [0.5, 0.6) is 0 Å². The second-order valence-corrected chi connectivity index (χ2v) is 1.78. The summed E-state index contributed by atoms with van der Waals surface area (Å²) in [5, 5.41) is 8.07. The minimum absolute atomic E-state index is 0. The summed E-state index contributed by atoms with van der Waals surface area (Å²) in [6.45, 7) is 6.65. The second kappa shape index (κ2) is 186. The van der Waals surface area contributed by atoms with Crippen molar-refractivity contribution in [1.29, 1.82) is 0 Å². The first kappa shape index (κ1) is 101. The molecule has 0 aliphatic rings. The zero-order valence-electron chi connectivity index (χ0n) is 6.28. The molecule has 0 aliphatic heterocycles. The second-order valence-electron chi connectivity index (χ2n) is 1.78. The van der Waals surface area contributed by atoms with Crippen molar-refractivity contribution in [2.75, 3.05) is 6.61 Å². The van der Waals surface area contributed by atoms with Gasteiger partial charge in [-0.05, 0) is 6.42 Å². The van der Waals surface area contributed by atoms with Gasteiger partial charge in [0.05, 0.1) is 0 Å². The highest BCUT2D eigenvalue weighted by Crippen LogP contribution is 1.78. The van der Waals surface area contributed by atoms with E-state index in [0.29, 0.717) is 6.61 Å². The van der Waals surface area contributed by atoms with Gasteiger partial charge in [0, 0.05) is 6.61 Å². The molecule has 116 valence electrons. The van der Waals surface area contributed by atoms with E-state index in [1.54, 1.807) is 0 Å². The van der Waals surface area contributed by atoms with Crippen molar-refractivity contribution >= 4 is 0 Å². The number of rotatable bonds is 2. The summed E-state index contributed by atoms with van der Waals surface area (Å²) in [6.07, 6.45) is 3.29. The lowest BCUT2D eigenvalue weighted by Gasteiger charge is -1.79. The molecule has 1 heteroatoms. The standard InChI is InChI=1S/C4H10O.C3H8.8CH4/c1-2-3-4-5;1-3-2;;;;;;;;/h5H,2-4H2,1H3;3H2,1-2H3;8*1H4. The van der Waals surface area contributed by atoms with Crippen LogP contribution in [0.2, 0.25) is 0 Å². The summed E-state index contributed by atoms with van der Waals surface area (Å²) in [7, 11) is 0. The minimum atomic E-state index is 0. The van der Waals surface area contributed by atoms with Gasteiger partial charge in [0.1, 0.15) is 0 Å². The maximum atomic E-state index is 8.07. The molecule has 1 nitrogen and oxygen atoms in total. The summed E-state index contributed by atoms with van der Waals surface area (Å²) in [6, 6.07) is 0. The third kappa shape index (κ3) is 610. The fraction of sp³-hybridized carbons (Fsp3) is 1.00. The Morgan fingerprint density at radius 2 is 0.812 bits per heavy atom. The lowest BCUT2D eigenvalue weighted by atomic mass is 10.4. The van der Waals surface area contributed by atoms with E-state index in [9.17, 15) is 0 Å². The highest BCUT2D eigenvalue weighted by Gasteiger charge is 1.69. The third-order valence-corrected chi connectivity index (χ3v) is 0.512. The Labute approximate surface area is 112 Å². The lowest BCUT2D eigenvalue weighted by Crippen LogP contribution is -1.75. The first-order chi connectivity index (χ1) is 3.83. The maximum absolute atomic E-state index is 8.07. The van der Waals surface area contributed by atoms with Gasteiger partial charge in [0.15, 0.2) is 0 Å². The Balaban J connectivity index is -0.00000000388. The Hall–Kier alpha value is -0.0400. The summed E-state index contributed by atoms with van der Waals surface area (Å²) in [4.78, 5) is 0. The molecule has 0 radical (unpaired) electrons. The van der Waals surface area contributed by atoms with Crippen molar-refractivity contribution in [3.05, 3.63) is 0 Å². The molecule has 0 amide bonds. The fourth-order valence-corrected chi connectivity index (χ4v) is 0.158. The summed E-state index contributed by atoms with van der Waals surface area (Å²) < 4.78 is 0. The molecular weight excluding hydrogens is 196 g/mol. The van der Waals surface area contributed by atoms with Crippen LogP contribution >= 0.6 is 0 Å². The molecule has 0 heterocycles. The van der Waals surface area contributed by atoms with E-state index in [2.05, 4.69) is 20.8 Å². The van der Waals surface area contributed by atoms with E-state index < -0.39 is 0 Å². The van der Waals surface area contributed by atoms with Crippen LogP contribution < -0.4 is 0 Å². The molecule has 0 aliphatic carbocycles. The number of unbranched alkanes of at least 4 members (excludes halogenated alkanes) is 1. The molecule has 0 aromatic rings. The third-order valence-electron chi connectivity index (χ3n) is 0.512. The van der Waals surface area contributed by atoms with Crippen LogP contribution in [0.15, 0.2) is 0 Å². The normalized spacial score (nSPS) is 3.75. The van der Waals surface area contributed by atoms with Crippen LogP contribution in [0, 0.1) is 0 Å². The van der Waals surface area contributed by atoms with Gasteiger partial charge in [-0.1, -0.05) is 93.0 Å². The Morgan fingerprint density at radius 3 is 0.812 bits per heavy atom. The molecule has 0 unspecified atom stereocenters. The number of hydrogen-bond acceptors (Lipinski definition) is 1. The minimum Gasteiger partial charge on any atom is -0.396 e. The van der Waals surface area contributed by atoms with Gasteiger partial charge in [-0.15, -0.1) is 0 Å². The average Bonchev–Trinajstić information content (AvgIpc) is 1.71. The monoisotopic (exact) mass is 246 g/mol. The molecule has 16 heavy (non-hydrogen) atoms. The van der Waals surface area contributed by atoms with Gasteiger partial charge < -0.3 is 5.11 Å². The predicted molar refractivity (Wildman–Crippen MR) is 91.8 cm³/mol. The molecular formula is C15H50O. The van der Waals surface area contributed by atoms with Crippen molar-refractivity contribution in [3.8, 4) is 0 Å². The molecule has 0 aromatic carbocycles. The number of aliphatic hydroxyl groups excluding tert-OH is 1. The van der Waals surface area contributed by atoms with Gasteiger partial charge >= 0.3 is 0 Å². The zero-order valence-corrected chi connectivity index (χ0v) is 6.28. The van der Waals surface area contributed by atoms with Crippen LogP contribution in [0.3, 0.4) is 0 Å². The zero-order chi connectivity index (χ0) is 6.83. The van der Waals surface area contributed by atoms with Crippen LogP contribution in [-0.2, 0) is 0 Å². The topological polar surface area (TPSA) is 20.2 Å². The van der Waals surface area contributed by atoms with E-state index in [1.807, 2.05) is 0 Å². The highest BCUT2D eigenvalue weighted by molar-refractivity contribution is 4.23. The average molecular weight is 247 g/mol. The van der Waals surface area contributed by atoms with Crippen molar-refractivity contribution in [1.82, 2.24) is 0 Å². The Kier molecular flexibility index (Phi) is 1170. The SMILES string of the molecule is C.C.C.C.C.C.C.C.CCC.CCCCO. The van der Waals surface area contributed by atoms with Crippen molar-refractivity contribution in [2.24, 2.45) is 0 Å². The van der Waals surface area contributed by atoms with Crippen LogP contribution in [0.4, 0.5) is 0 Å². The van der Waals surface area contributed by atoms with Gasteiger partial charge in [-0.3, -0.25) is 0 Å². The summed E-state index contributed by atoms with van der Waals surface area (Å²) >= 11 is 0. The number of hydrogen-bond donors (Lipinski definition) is 1. The molecule has 0 spiro atoms. The quantitative estimate of drug-likeness (QED) is 0.542. The molecule has 0 aromatic heterocycles. The smallest absolute Gasteiger partial charge is 0.0430 e. The van der Waals surface area contributed by atoms with Gasteiger partial charge in [0.25, 0.3) is 0 Å². The highest BCUT2D eigenvalue weighted by atomic mass is 16.2. The van der Waals surface area contributed by atoms with E-state index >= 15 is 0 Å². The Bertz CT molecular complexity index is 19.4. The molecule has 0 fully saturated rings. The molecule has 0 bridgehead atoms. The molecule has 0 rings (SSSR count). The summed E-state index contributed by atoms with van der Waals surface area (Å²) in [5.41, 5.74) is 0. The van der Waals surface area contributed by atoms with Crippen molar-refractivity contribution in [3.63, 3.8) is 0 Å². The first-order valence-corrected chi connectivity index (χ1v) is 3.44. The van der Waals surface area contributed by atoms with Gasteiger partial charge in [0.2, 0.25) is 0 Å². The van der Waals surface area contributed by atoms with Crippen LogP contribution in [0.25, 0.3) is 0 Å². The van der Waals surface area contributed by atoms with E-state index in [4.69, 9.17) is 5.11 Å². The van der Waals surface area contributed by atoms with Crippen LogP contribution in [0.1, 0.15) is 99.4 Å². The lowest BCUT2D eigenvalue weighted by molar-refractivity contribution is 0.287. The summed E-state index contributed by atoms with van der Waals surface area (Å²) in [5.74, 6) is 0. The van der Waals surface area contributed by atoms with Gasteiger partial charge in [-0.25, -0.2) is 0 Å². The van der Waals surface area contributed by atoms with E-state index in [-0.39, 0.29) is 59.4 Å². The molecule has 1 N–H and O–H groups in total. The van der Waals surface area contributed by atoms with E-state index in [0.717, 1.165) is 12.8 Å². The fourth-order valence-electron chi connectivity index (χ4n) is 0.158. The first-order valence-electron chi connectivity index (χ1n) is 3.44. The number of aliphatic hydroxyl groups is 1. The largest absolute Gasteiger partial charge is 0.396 e. The van der Waals surface area contributed by atoms with Crippen molar-refractivity contribution in [2.45, 2.75) is 99.4 Å². The molecule has 0 atom stereocenters. The van der Waals surface area contributed by atoms with Crippen LogP contribution in [-0.4, -0.2) is 11.7 Å². The maximum Gasteiger partial charge on any atom is 0.0430 e. The van der Waals surface area contributed by atoms with E-state index in [1.165, 1.54) is 6.42 Å².